The molecule has 1 amide bonds. The largest absolute Gasteiger partial charge is 0.365 e. The summed E-state index contributed by atoms with van der Waals surface area (Å²) in [5.74, 6) is 1.01. The van der Waals surface area contributed by atoms with E-state index in [4.69, 9.17) is 0 Å². The standard InChI is InChI=1S/C18H23N7O/c1-3-15(26)25-6-4-5-13(10-25)23-18-16-14(12-7-22-24(2)9-12)8-19-17(16)20-11-21-18/h7-9,11,13H,3-6,10H2,1-2H3,(H2,19,20,21,23)/t13-/m1/s1. The van der Waals surface area contributed by atoms with E-state index in [0.29, 0.717) is 13.0 Å². The summed E-state index contributed by atoms with van der Waals surface area (Å²) < 4.78 is 1.78. The van der Waals surface area contributed by atoms with Crippen molar-refractivity contribution in [2.75, 3.05) is 18.4 Å². The van der Waals surface area contributed by atoms with Gasteiger partial charge in [-0.15, -0.1) is 0 Å². The summed E-state index contributed by atoms with van der Waals surface area (Å²) in [4.78, 5) is 26.0. The quantitative estimate of drug-likeness (QED) is 0.750. The van der Waals surface area contributed by atoms with Gasteiger partial charge in [-0.05, 0) is 12.8 Å². The van der Waals surface area contributed by atoms with Crippen LogP contribution in [0.25, 0.3) is 22.2 Å². The summed E-state index contributed by atoms with van der Waals surface area (Å²) in [6, 6.07) is 0.189. The molecule has 1 aliphatic rings. The lowest BCUT2D eigenvalue weighted by Crippen LogP contribution is -2.45. The first-order chi connectivity index (χ1) is 12.7. The number of carbonyl (C=O) groups excluding carboxylic acids is 1. The molecule has 2 N–H and O–H groups in total. The van der Waals surface area contributed by atoms with Gasteiger partial charge in [0, 0.05) is 56.1 Å². The van der Waals surface area contributed by atoms with Crippen LogP contribution in [0.5, 0.6) is 0 Å². The number of carbonyl (C=O) groups is 1. The molecule has 26 heavy (non-hydrogen) atoms. The first-order valence-electron chi connectivity index (χ1n) is 9.01. The number of hydrogen-bond acceptors (Lipinski definition) is 5. The summed E-state index contributed by atoms with van der Waals surface area (Å²) in [6.45, 7) is 3.47. The number of aromatic nitrogens is 5. The van der Waals surface area contributed by atoms with Crippen LogP contribution in [0.15, 0.2) is 24.9 Å². The summed E-state index contributed by atoms with van der Waals surface area (Å²) in [5, 5.41) is 8.76. The lowest BCUT2D eigenvalue weighted by atomic mass is 10.0. The number of likely N-dealkylation sites (tertiary alicyclic amines) is 1. The smallest absolute Gasteiger partial charge is 0.222 e. The zero-order valence-corrected chi connectivity index (χ0v) is 15.1. The van der Waals surface area contributed by atoms with Crippen LogP contribution >= 0.6 is 0 Å². The molecule has 0 unspecified atom stereocenters. The third-order valence-corrected chi connectivity index (χ3v) is 4.90. The van der Waals surface area contributed by atoms with Crippen LogP contribution in [0.2, 0.25) is 0 Å². The first-order valence-corrected chi connectivity index (χ1v) is 9.01. The summed E-state index contributed by atoms with van der Waals surface area (Å²) in [5.41, 5.74) is 2.83. The minimum atomic E-state index is 0.189. The van der Waals surface area contributed by atoms with E-state index in [1.54, 1.807) is 11.0 Å². The van der Waals surface area contributed by atoms with E-state index in [9.17, 15) is 4.79 Å². The Balaban J connectivity index is 1.64. The van der Waals surface area contributed by atoms with Crippen molar-refractivity contribution in [2.24, 2.45) is 7.05 Å². The molecule has 1 saturated heterocycles. The van der Waals surface area contributed by atoms with E-state index in [1.165, 1.54) is 0 Å². The number of aromatic amines is 1. The van der Waals surface area contributed by atoms with E-state index >= 15 is 0 Å². The van der Waals surface area contributed by atoms with Crippen LogP contribution in [0.3, 0.4) is 0 Å². The van der Waals surface area contributed by atoms with Gasteiger partial charge < -0.3 is 15.2 Å². The van der Waals surface area contributed by atoms with Gasteiger partial charge in [-0.3, -0.25) is 9.48 Å². The van der Waals surface area contributed by atoms with E-state index < -0.39 is 0 Å². The number of piperidine rings is 1. The molecular weight excluding hydrogens is 330 g/mol. The Morgan fingerprint density at radius 2 is 2.31 bits per heavy atom. The lowest BCUT2D eigenvalue weighted by molar-refractivity contribution is -0.131. The van der Waals surface area contributed by atoms with Crippen molar-refractivity contribution in [2.45, 2.75) is 32.2 Å². The van der Waals surface area contributed by atoms with Crippen LogP contribution < -0.4 is 5.32 Å². The number of hydrogen-bond donors (Lipinski definition) is 2. The van der Waals surface area contributed by atoms with Crippen LogP contribution in [0.1, 0.15) is 26.2 Å². The number of nitrogens with zero attached hydrogens (tertiary/aromatic N) is 5. The Morgan fingerprint density at radius 3 is 3.08 bits per heavy atom. The SMILES string of the molecule is CCC(=O)N1CCC[C@@H](Nc2ncnc3[nH]cc(-c4cnn(C)c4)c23)C1. The van der Waals surface area contributed by atoms with E-state index in [-0.39, 0.29) is 11.9 Å². The predicted octanol–water partition coefficient (Wildman–Crippen LogP) is 2.17. The van der Waals surface area contributed by atoms with E-state index in [1.807, 2.05) is 37.5 Å². The highest BCUT2D eigenvalue weighted by atomic mass is 16.2. The Morgan fingerprint density at radius 1 is 1.42 bits per heavy atom. The Bertz CT molecular complexity index is 929. The van der Waals surface area contributed by atoms with Gasteiger partial charge in [0.15, 0.2) is 0 Å². The predicted molar refractivity (Wildman–Crippen MR) is 99.6 cm³/mol. The van der Waals surface area contributed by atoms with Crippen LogP contribution in [0.4, 0.5) is 5.82 Å². The molecule has 0 radical (unpaired) electrons. The van der Waals surface area contributed by atoms with Crippen LogP contribution in [-0.4, -0.2) is 54.7 Å². The molecular formula is C18H23N7O. The maximum absolute atomic E-state index is 12.0. The number of fused-ring (bicyclic) bond motifs is 1. The number of nitrogens with one attached hydrogen (secondary N) is 2. The fourth-order valence-electron chi connectivity index (χ4n) is 3.60. The molecule has 3 aromatic rings. The van der Waals surface area contributed by atoms with Gasteiger partial charge in [-0.25, -0.2) is 9.97 Å². The third-order valence-electron chi connectivity index (χ3n) is 4.90. The number of rotatable bonds is 4. The Hall–Kier alpha value is -2.90. The molecule has 4 heterocycles. The topological polar surface area (TPSA) is 91.7 Å². The molecule has 0 aliphatic carbocycles. The lowest BCUT2D eigenvalue weighted by Gasteiger charge is -2.33. The zero-order chi connectivity index (χ0) is 18.1. The van der Waals surface area contributed by atoms with E-state index in [0.717, 1.165) is 47.4 Å². The average Bonchev–Trinajstić information content (AvgIpc) is 3.28. The van der Waals surface area contributed by atoms with Gasteiger partial charge in [0.2, 0.25) is 5.91 Å². The molecule has 1 fully saturated rings. The monoisotopic (exact) mass is 353 g/mol. The Kier molecular flexibility index (Phi) is 4.32. The second kappa shape index (κ2) is 6.78. The second-order valence-electron chi connectivity index (χ2n) is 6.73. The zero-order valence-electron chi connectivity index (χ0n) is 15.1. The molecule has 8 heteroatoms. The van der Waals surface area contributed by atoms with Crippen molar-refractivity contribution in [3.05, 3.63) is 24.9 Å². The third kappa shape index (κ3) is 3.02. The van der Waals surface area contributed by atoms with Gasteiger partial charge >= 0.3 is 0 Å². The van der Waals surface area contributed by atoms with E-state index in [2.05, 4.69) is 25.4 Å². The molecule has 3 aromatic heterocycles. The maximum atomic E-state index is 12.0. The van der Waals surface area contributed by atoms with Gasteiger partial charge in [-0.1, -0.05) is 6.92 Å². The molecule has 136 valence electrons. The fourth-order valence-corrected chi connectivity index (χ4v) is 3.60. The highest BCUT2D eigenvalue weighted by Crippen LogP contribution is 2.32. The molecule has 4 rings (SSSR count). The normalized spacial score (nSPS) is 17.6. The van der Waals surface area contributed by atoms with Crippen molar-refractivity contribution in [3.8, 4) is 11.1 Å². The molecule has 1 atom stereocenters. The van der Waals surface area contributed by atoms with Crippen molar-refractivity contribution in [1.29, 1.82) is 0 Å². The van der Waals surface area contributed by atoms with Crippen molar-refractivity contribution < 1.29 is 4.79 Å². The minimum Gasteiger partial charge on any atom is -0.365 e. The molecule has 1 aliphatic heterocycles. The fraction of sp³-hybridized carbons (Fsp3) is 0.444. The summed E-state index contributed by atoms with van der Waals surface area (Å²) in [6.07, 6.45) is 9.88. The maximum Gasteiger partial charge on any atom is 0.222 e. The molecule has 0 bridgehead atoms. The highest BCUT2D eigenvalue weighted by molar-refractivity contribution is 6.00. The molecule has 8 nitrogen and oxygen atoms in total. The summed E-state index contributed by atoms with van der Waals surface area (Å²) in [7, 11) is 1.90. The van der Waals surface area contributed by atoms with Crippen molar-refractivity contribution >= 4 is 22.8 Å². The number of amides is 1. The average molecular weight is 353 g/mol. The molecule has 0 aromatic carbocycles. The highest BCUT2D eigenvalue weighted by Gasteiger charge is 2.24. The first kappa shape index (κ1) is 16.6. The van der Waals surface area contributed by atoms with Gasteiger partial charge in [0.25, 0.3) is 0 Å². The number of anilines is 1. The van der Waals surface area contributed by atoms with Crippen molar-refractivity contribution in [3.63, 3.8) is 0 Å². The Labute approximate surface area is 151 Å². The summed E-state index contributed by atoms with van der Waals surface area (Å²) >= 11 is 0. The van der Waals surface area contributed by atoms with Crippen LogP contribution in [0, 0.1) is 0 Å². The van der Waals surface area contributed by atoms with Crippen LogP contribution in [-0.2, 0) is 11.8 Å². The minimum absolute atomic E-state index is 0.189. The molecule has 0 saturated carbocycles. The molecule has 0 spiro atoms. The second-order valence-corrected chi connectivity index (χ2v) is 6.73. The van der Waals surface area contributed by atoms with Gasteiger partial charge in [-0.2, -0.15) is 5.10 Å². The van der Waals surface area contributed by atoms with Crippen molar-refractivity contribution in [1.82, 2.24) is 29.6 Å². The number of aryl methyl sites for hydroxylation is 1. The van der Waals surface area contributed by atoms with Gasteiger partial charge in [0.05, 0.1) is 11.6 Å². The van der Waals surface area contributed by atoms with Gasteiger partial charge in [0.1, 0.15) is 17.8 Å². The number of H-pyrrole nitrogens is 1.